The van der Waals surface area contributed by atoms with E-state index in [2.05, 4.69) is 9.97 Å². The third kappa shape index (κ3) is 6.44. The van der Waals surface area contributed by atoms with E-state index in [4.69, 9.17) is 9.47 Å². The number of benzene rings is 2. The van der Waals surface area contributed by atoms with Crippen LogP contribution in [0.1, 0.15) is 32.2 Å². The topological polar surface area (TPSA) is 105 Å². The maximum atomic E-state index is 12.9. The van der Waals surface area contributed by atoms with Crippen LogP contribution in [0.25, 0.3) is 10.2 Å². The first-order valence-corrected chi connectivity index (χ1v) is 12.4. The lowest BCUT2D eigenvalue weighted by atomic mass is 10.2. The number of aromatic amines is 1. The molecular weight excluding hydrogens is 478 g/mol. The van der Waals surface area contributed by atoms with Gasteiger partial charge in [-0.05, 0) is 23.6 Å². The van der Waals surface area contributed by atoms with Gasteiger partial charge >= 0.3 is 5.97 Å². The van der Waals surface area contributed by atoms with Gasteiger partial charge in [0.25, 0.3) is 5.56 Å². The lowest BCUT2D eigenvalue weighted by Crippen LogP contribution is -2.35. The Kier molecular flexibility index (Phi) is 8.61. The van der Waals surface area contributed by atoms with E-state index in [1.807, 2.05) is 65.6 Å². The van der Waals surface area contributed by atoms with Gasteiger partial charge in [0, 0.05) is 13.1 Å². The fraction of sp³-hybridized carbons (Fsp3) is 0.296. The molecular formula is C27H29N3O5S. The minimum atomic E-state index is -0.734. The fourth-order valence-corrected chi connectivity index (χ4v) is 5.15. The number of nitrogens with one attached hydrogen (secondary N) is 1. The van der Waals surface area contributed by atoms with Gasteiger partial charge < -0.3 is 19.6 Å². The summed E-state index contributed by atoms with van der Waals surface area (Å²) in [6.45, 7) is 3.49. The molecule has 0 saturated heterocycles. The molecule has 0 saturated carbocycles. The molecule has 0 unspecified atom stereocenters. The first kappa shape index (κ1) is 25.7. The molecule has 8 nitrogen and oxygen atoms in total. The number of rotatable bonds is 11. The minimum absolute atomic E-state index is 0.176. The average molecular weight is 508 g/mol. The van der Waals surface area contributed by atoms with Gasteiger partial charge in [-0.25, -0.2) is 9.78 Å². The van der Waals surface area contributed by atoms with Gasteiger partial charge in [-0.1, -0.05) is 60.7 Å². The van der Waals surface area contributed by atoms with Crippen molar-refractivity contribution in [2.24, 2.45) is 0 Å². The quantitative estimate of drug-likeness (QED) is 0.299. The SMILES string of the molecule is COC(=O)c1sc2nc(CN(Cc3ccccc3)C[C@@H](O)COCc3ccccc3)[nH]c(=O)c2c1C. The first-order valence-electron chi connectivity index (χ1n) is 11.6. The maximum Gasteiger partial charge on any atom is 0.348 e. The van der Waals surface area contributed by atoms with E-state index in [-0.39, 0.29) is 12.2 Å². The Morgan fingerprint density at radius 1 is 1.08 bits per heavy atom. The zero-order valence-corrected chi connectivity index (χ0v) is 21.1. The van der Waals surface area contributed by atoms with Crippen LogP contribution in [0.15, 0.2) is 65.5 Å². The second kappa shape index (κ2) is 12.0. The number of carbonyl (C=O) groups excluding carboxylic acids is 1. The molecule has 0 spiro atoms. The second-order valence-electron chi connectivity index (χ2n) is 8.55. The van der Waals surface area contributed by atoms with Crippen molar-refractivity contribution < 1.29 is 19.4 Å². The highest BCUT2D eigenvalue weighted by atomic mass is 32.1. The summed E-state index contributed by atoms with van der Waals surface area (Å²) < 4.78 is 10.6. The summed E-state index contributed by atoms with van der Waals surface area (Å²) in [6.07, 6.45) is -0.734. The molecule has 4 rings (SSSR count). The number of carbonyl (C=O) groups is 1. The van der Waals surface area contributed by atoms with Crippen LogP contribution >= 0.6 is 11.3 Å². The summed E-state index contributed by atoms with van der Waals surface area (Å²) in [5.74, 6) is -0.0284. The number of aliphatic hydroxyl groups is 1. The molecule has 0 fully saturated rings. The summed E-state index contributed by atoms with van der Waals surface area (Å²) in [5, 5.41) is 11.1. The maximum absolute atomic E-state index is 12.9. The number of aliphatic hydroxyl groups excluding tert-OH is 1. The number of nitrogens with zero attached hydrogens (tertiary/aromatic N) is 2. The summed E-state index contributed by atoms with van der Waals surface area (Å²) in [5.41, 5.74) is 2.37. The van der Waals surface area contributed by atoms with E-state index in [1.54, 1.807) is 6.92 Å². The van der Waals surface area contributed by atoms with Gasteiger partial charge in [0.2, 0.25) is 0 Å². The summed E-state index contributed by atoms with van der Waals surface area (Å²) in [4.78, 5) is 35.3. The van der Waals surface area contributed by atoms with Crippen molar-refractivity contribution in [2.75, 3.05) is 20.3 Å². The van der Waals surface area contributed by atoms with Gasteiger partial charge in [-0.3, -0.25) is 9.69 Å². The van der Waals surface area contributed by atoms with Crippen LogP contribution in [0.5, 0.6) is 0 Å². The monoisotopic (exact) mass is 507 g/mol. The van der Waals surface area contributed by atoms with Gasteiger partial charge in [-0.15, -0.1) is 11.3 Å². The largest absolute Gasteiger partial charge is 0.465 e. The molecule has 36 heavy (non-hydrogen) atoms. The van der Waals surface area contributed by atoms with Crippen molar-refractivity contribution in [3.8, 4) is 0 Å². The summed E-state index contributed by atoms with van der Waals surface area (Å²) in [6, 6.07) is 19.7. The Labute approximate surface area is 213 Å². The van der Waals surface area contributed by atoms with Crippen molar-refractivity contribution in [3.05, 3.63) is 98.4 Å². The van der Waals surface area contributed by atoms with Crippen molar-refractivity contribution >= 4 is 27.5 Å². The Bertz CT molecular complexity index is 1350. The molecule has 0 aliphatic heterocycles. The van der Waals surface area contributed by atoms with E-state index in [1.165, 1.54) is 7.11 Å². The number of thiophene rings is 1. The molecule has 188 valence electrons. The van der Waals surface area contributed by atoms with Gasteiger partial charge in [0.05, 0.1) is 38.4 Å². The summed E-state index contributed by atoms with van der Waals surface area (Å²) in [7, 11) is 1.31. The fourth-order valence-electron chi connectivity index (χ4n) is 4.03. The lowest BCUT2D eigenvalue weighted by Gasteiger charge is -2.25. The molecule has 4 aromatic rings. The Morgan fingerprint density at radius 3 is 2.42 bits per heavy atom. The van der Waals surface area contributed by atoms with Crippen molar-refractivity contribution in [3.63, 3.8) is 0 Å². The van der Waals surface area contributed by atoms with E-state index < -0.39 is 12.1 Å². The van der Waals surface area contributed by atoms with Crippen LogP contribution in [0.4, 0.5) is 0 Å². The number of fused-ring (bicyclic) bond motifs is 1. The zero-order chi connectivity index (χ0) is 25.5. The van der Waals surface area contributed by atoms with Crippen LogP contribution in [0.2, 0.25) is 0 Å². The molecule has 9 heteroatoms. The normalized spacial score (nSPS) is 12.2. The number of aryl methyl sites for hydroxylation is 1. The third-order valence-corrected chi connectivity index (χ3v) is 6.90. The number of aromatic nitrogens is 2. The van der Waals surface area contributed by atoms with E-state index >= 15 is 0 Å². The van der Waals surface area contributed by atoms with Crippen molar-refractivity contribution in [2.45, 2.75) is 32.7 Å². The zero-order valence-electron chi connectivity index (χ0n) is 20.3. The van der Waals surface area contributed by atoms with Crippen molar-refractivity contribution in [1.82, 2.24) is 14.9 Å². The highest BCUT2D eigenvalue weighted by molar-refractivity contribution is 7.20. The molecule has 0 aliphatic rings. The van der Waals surface area contributed by atoms with Crippen molar-refractivity contribution in [1.29, 1.82) is 0 Å². The van der Waals surface area contributed by atoms with Gasteiger partial charge in [0.15, 0.2) is 0 Å². The van der Waals surface area contributed by atoms with Crippen LogP contribution < -0.4 is 5.56 Å². The molecule has 0 amide bonds. The Hall–Kier alpha value is -3.37. The number of methoxy groups -OCH3 is 1. The molecule has 2 N–H and O–H groups in total. The highest BCUT2D eigenvalue weighted by Gasteiger charge is 2.21. The molecule has 2 heterocycles. The average Bonchev–Trinajstić information content (AvgIpc) is 3.21. The number of H-pyrrole nitrogens is 1. The van der Waals surface area contributed by atoms with Gasteiger partial charge in [-0.2, -0.15) is 0 Å². The predicted octanol–water partition coefficient (Wildman–Crippen LogP) is 3.66. The van der Waals surface area contributed by atoms with E-state index in [0.29, 0.717) is 52.7 Å². The third-order valence-electron chi connectivity index (χ3n) is 5.73. The Morgan fingerprint density at radius 2 is 1.75 bits per heavy atom. The van der Waals surface area contributed by atoms with Crippen LogP contribution in [-0.4, -0.2) is 52.3 Å². The molecule has 2 aromatic heterocycles. The van der Waals surface area contributed by atoms with Crippen LogP contribution in [0, 0.1) is 6.92 Å². The van der Waals surface area contributed by atoms with E-state index in [0.717, 1.165) is 22.5 Å². The first-order chi connectivity index (χ1) is 17.4. The van der Waals surface area contributed by atoms with Crippen LogP contribution in [-0.2, 0) is 29.2 Å². The smallest absolute Gasteiger partial charge is 0.348 e. The van der Waals surface area contributed by atoms with Gasteiger partial charge in [0.1, 0.15) is 15.5 Å². The minimum Gasteiger partial charge on any atom is -0.465 e. The number of ether oxygens (including phenoxy) is 2. The lowest BCUT2D eigenvalue weighted by molar-refractivity contribution is 0.00673. The molecule has 0 aliphatic carbocycles. The molecule has 0 radical (unpaired) electrons. The van der Waals surface area contributed by atoms with E-state index in [9.17, 15) is 14.7 Å². The number of esters is 1. The molecule has 2 aromatic carbocycles. The molecule has 0 bridgehead atoms. The second-order valence-corrected chi connectivity index (χ2v) is 9.55. The standard InChI is InChI=1S/C27H29N3O5S/c1-18-23-25(32)28-22(29-26(23)36-24(18)27(33)34-2)15-30(13-19-9-5-3-6-10-19)14-21(31)17-35-16-20-11-7-4-8-12-20/h3-12,21,31H,13-17H2,1-2H3,(H,28,29,32)/t21-/m1/s1. The Balaban J connectivity index is 1.50. The highest BCUT2D eigenvalue weighted by Crippen LogP contribution is 2.27. The number of hydrogen-bond acceptors (Lipinski definition) is 8. The van der Waals surface area contributed by atoms with Crippen LogP contribution in [0.3, 0.4) is 0 Å². The summed E-state index contributed by atoms with van der Waals surface area (Å²) >= 11 is 1.15. The predicted molar refractivity (Wildman–Crippen MR) is 139 cm³/mol. The number of hydrogen-bond donors (Lipinski definition) is 2. The molecule has 1 atom stereocenters.